The number of hydrogen-bond acceptors (Lipinski definition) is 6. The van der Waals surface area contributed by atoms with E-state index in [2.05, 4.69) is 25.0 Å². The quantitative estimate of drug-likeness (QED) is 0.707. The fourth-order valence-corrected chi connectivity index (χ4v) is 2.08. The van der Waals surface area contributed by atoms with Gasteiger partial charge in [0.2, 0.25) is 6.39 Å². The van der Waals surface area contributed by atoms with Crippen molar-refractivity contribution in [1.82, 2.24) is 15.1 Å². The third-order valence-electron chi connectivity index (χ3n) is 2.82. The number of nitrogens with zero attached hydrogens (tertiary/aromatic N) is 3. The molecule has 0 radical (unpaired) electrons. The molecule has 0 aliphatic rings. The number of pyridine rings is 1. The van der Waals surface area contributed by atoms with Crippen molar-refractivity contribution < 1.29 is 4.52 Å². The average Bonchev–Trinajstić information content (AvgIpc) is 2.97. The Bertz CT molecular complexity index is 757. The minimum Gasteiger partial charge on any atom is -0.389 e. The van der Waals surface area contributed by atoms with Crippen LogP contribution in [0, 0.1) is 0 Å². The minimum atomic E-state index is 0.339. The molecule has 0 saturated carbocycles. The van der Waals surface area contributed by atoms with Crippen LogP contribution in [0.3, 0.4) is 0 Å². The van der Waals surface area contributed by atoms with Gasteiger partial charge in [-0.2, -0.15) is 4.98 Å². The Morgan fingerprint density at radius 1 is 1.35 bits per heavy atom. The van der Waals surface area contributed by atoms with Crippen LogP contribution in [-0.4, -0.2) is 20.1 Å². The molecule has 0 aliphatic carbocycles. The van der Waals surface area contributed by atoms with Gasteiger partial charge < -0.3 is 15.6 Å². The van der Waals surface area contributed by atoms with Gasteiger partial charge in [-0.05, 0) is 12.1 Å². The summed E-state index contributed by atoms with van der Waals surface area (Å²) >= 11 is 5.10. The number of rotatable bonds is 4. The number of nitrogens with one attached hydrogen (secondary N) is 1. The standard InChI is InChI=1S/C13H11N5OS/c14-13(20)9-5-11(15-6-12-16-7-19-18-12)17-10-4-2-1-3-8(9)10/h1-5,7H,6H2,(H2,14,20)(H,15,17). The fraction of sp³-hybridized carbons (Fsp3) is 0.0769. The number of para-hydroxylation sites is 1. The molecule has 6 nitrogen and oxygen atoms in total. The second-order valence-electron chi connectivity index (χ2n) is 4.14. The van der Waals surface area contributed by atoms with Crippen molar-refractivity contribution in [2.45, 2.75) is 6.54 Å². The smallest absolute Gasteiger partial charge is 0.213 e. The Balaban J connectivity index is 1.97. The van der Waals surface area contributed by atoms with E-state index in [-0.39, 0.29) is 0 Å². The van der Waals surface area contributed by atoms with Gasteiger partial charge in [0, 0.05) is 10.9 Å². The first-order chi connectivity index (χ1) is 9.74. The zero-order valence-corrected chi connectivity index (χ0v) is 11.2. The third-order valence-corrected chi connectivity index (χ3v) is 3.04. The summed E-state index contributed by atoms with van der Waals surface area (Å²) in [6.45, 7) is 0.415. The van der Waals surface area contributed by atoms with Crippen molar-refractivity contribution in [2.24, 2.45) is 5.73 Å². The monoisotopic (exact) mass is 285 g/mol. The number of anilines is 1. The van der Waals surface area contributed by atoms with Crippen molar-refractivity contribution in [3.63, 3.8) is 0 Å². The van der Waals surface area contributed by atoms with E-state index >= 15 is 0 Å². The van der Waals surface area contributed by atoms with Crippen LogP contribution >= 0.6 is 12.2 Å². The van der Waals surface area contributed by atoms with E-state index in [9.17, 15) is 0 Å². The van der Waals surface area contributed by atoms with Gasteiger partial charge in [0.05, 0.1) is 12.1 Å². The average molecular weight is 285 g/mol. The van der Waals surface area contributed by atoms with Crippen molar-refractivity contribution in [3.8, 4) is 0 Å². The van der Waals surface area contributed by atoms with Gasteiger partial charge in [0.15, 0.2) is 5.82 Å². The van der Waals surface area contributed by atoms with E-state index in [0.717, 1.165) is 16.5 Å². The summed E-state index contributed by atoms with van der Waals surface area (Å²) in [7, 11) is 0. The first-order valence-electron chi connectivity index (χ1n) is 5.93. The normalized spacial score (nSPS) is 10.6. The zero-order chi connectivity index (χ0) is 13.9. The molecule has 0 aliphatic heterocycles. The molecule has 20 heavy (non-hydrogen) atoms. The van der Waals surface area contributed by atoms with Crippen molar-refractivity contribution in [3.05, 3.63) is 48.1 Å². The van der Waals surface area contributed by atoms with Crippen molar-refractivity contribution >= 4 is 33.9 Å². The summed E-state index contributed by atoms with van der Waals surface area (Å²) in [5.74, 6) is 1.22. The van der Waals surface area contributed by atoms with Crippen LogP contribution in [0.25, 0.3) is 10.9 Å². The van der Waals surface area contributed by atoms with E-state index in [4.69, 9.17) is 18.0 Å². The second kappa shape index (κ2) is 5.22. The number of nitrogens with two attached hydrogens (primary N) is 1. The van der Waals surface area contributed by atoms with Crippen molar-refractivity contribution in [2.75, 3.05) is 5.32 Å². The van der Waals surface area contributed by atoms with Crippen LogP contribution in [0.4, 0.5) is 5.82 Å². The molecule has 0 amide bonds. The Hall–Kier alpha value is -2.54. The molecule has 3 N–H and O–H groups in total. The van der Waals surface area contributed by atoms with Gasteiger partial charge in [0.25, 0.3) is 0 Å². The fourth-order valence-electron chi connectivity index (χ4n) is 1.91. The van der Waals surface area contributed by atoms with Crippen LogP contribution in [-0.2, 0) is 6.54 Å². The maximum atomic E-state index is 5.78. The molecule has 0 saturated heterocycles. The maximum Gasteiger partial charge on any atom is 0.213 e. The molecular weight excluding hydrogens is 274 g/mol. The summed E-state index contributed by atoms with van der Waals surface area (Å²) in [6, 6.07) is 9.53. The molecule has 0 unspecified atom stereocenters. The van der Waals surface area contributed by atoms with E-state index in [1.807, 2.05) is 30.3 Å². The number of thiocarbonyl (C=S) groups is 1. The lowest BCUT2D eigenvalue weighted by molar-refractivity contribution is 0.411. The van der Waals surface area contributed by atoms with Gasteiger partial charge in [-0.1, -0.05) is 35.6 Å². The third kappa shape index (κ3) is 2.43. The highest BCUT2D eigenvalue weighted by Crippen LogP contribution is 2.20. The second-order valence-corrected chi connectivity index (χ2v) is 4.58. The van der Waals surface area contributed by atoms with E-state index in [1.165, 1.54) is 6.39 Å². The van der Waals surface area contributed by atoms with Crippen LogP contribution < -0.4 is 11.1 Å². The molecule has 0 fully saturated rings. The van der Waals surface area contributed by atoms with Gasteiger partial charge in [-0.3, -0.25) is 0 Å². The Morgan fingerprint density at radius 2 is 2.20 bits per heavy atom. The van der Waals surface area contributed by atoms with Gasteiger partial charge >= 0.3 is 0 Å². The number of hydrogen-bond donors (Lipinski definition) is 2. The van der Waals surface area contributed by atoms with E-state index in [0.29, 0.717) is 23.2 Å². The first kappa shape index (κ1) is 12.5. The molecule has 0 atom stereocenters. The molecule has 0 bridgehead atoms. The summed E-state index contributed by atoms with van der Waals surface area (Å²) in [5.41, 5.74) is 7.40. The molecule has 3 aromatic rings. The summed E-state index contributed by atoms with van der Waals surface area (Å²) in [4.78, 5) is 8.78. The van der Waals surface area contributed by atoms with Crippen LogP contribution in [0.5, 0.6) is 0 Å². The molecule has 1 aromatic carbocycles. The highest BCUT2D eigenvalue weighted by molar-refractivity contribution is 7.80. The maximum absolute atomic E-state index is 5.78. The lowest BCUT2D eigenvalue weighted by Crippen LogP contribution is -2.12. The number of aromatic nitrogens is 3. The molecule has 7 heteroatoms. The molecule has 0 spiro atoms. The van der Waals surface area contributed by atoms with E-state index in [1.54, 1.807) is 0 Å². The minimum absolute atomic E-state index is 0.339. The SMILES string of the molecule is NC(=S)c1cc(NCc2ncon2)nc2ccccc12. The van der Waals surface area contributed by atoms with Crippen molar-refractivity contribution in [1.29, 1.82) is 0 Å². The molecule has 3 rings (SSSR count). The lowest BCUT2D eigenvalue weighted by atomic mass is 10.1. The van der Waals surface area contributed by atoms with Crippen LogP contribution in [0.1, 0.15) is 11.4 Å². The Labute approximate surface area is 120 Å². The van der Waals surface area contributed by atoms with Crippen LogP contribution in [0.2, 0.25) is 0 Å². The van der Waals surface area contributed by atoms with Gasteiger partial charge in [0.1, 0.15) is 10.8 Å². The predicted octanol–water partition coefficient (Wildman–Crippen LogP) is 1.86. The molecule has 2 heterocycles. The Kier molecular flexibility index (Phi) is 3.26. The van der Waals surface area contributed by atoms with E-state index < -0.39 is 0 Å². The van der Waals surface area contributed by atoms with Crippen LogP contribution in [0.15, 0.2) is 41.2 Å². The zero-order valence-electron chi connectivity index (χ0n) is 10.4. The predicted molar refractivity (Wildman–Crippen MR) is 79.3 cm³/mol. The number of fused-ring (bicyclic) bond motifs is 1. The molecule has 100 valence electrons. The van der Waals surface area contributed by atoms with Gasteiger partial charge in [-0.25, -0.2) is 4.98 Å². The summed E-state index contributed by atoms with van der Waals surface area (Å²) in [6.07, 6.45) is 1.28. The summed E-state index contributed by atoms with van der Waals surface area (Å²) in [5, 5.41) is 7.78. The molecular formula is C13H11N5OS. The summed E-state index contributed by atoms with van der Waals surface area (Å²) < 4.78 is 4.67. The highest BCUT2D eigenvalue weighted by atomic mass is 32.1. The first-order valence-corrected chi connectivity index (χ1v) is 6.33. The highest BCUT2D eigenvalue weighted by Gasteiger charge is 2.08. The largest absolute Gasteiger partial charge is 0.389 e. The Morgan fingerprint density at radius 3 is 2.95 bits per heavy atom. The number of benzene rings is 1. The van der Waals surface area contributed by atoms with Gasteiger partial charge in [-0.15, -0.1) is 0 Å². The molecule has 2 aromatic heterocycles. The topological polar surface area (TPSA) is 89.9 Å². The lowest BCUT2D eigenvalue weighted by Gasteiger charge is -2.09.